The van der Waals surface area contributed by atoms with Crippen LogP contribution in [-0.2, 0) is 9.53 Å². The summed E-state index contributed by atoms with van der Waals surface area (Å²) in [6, 6.07) is 5.87. The highest BCUT2D eigenvalue weighted by Gasteiger charge is 2.24. The van der Waals surface area contributed by atoms with Gasteiger partial charge < -0.3 is 19.7 Å². The highest BCUT2D eigenvalue weighted by Crippen LogP contribution is 2.20. The molecule has 0 aliphatic carbocycles. The molecule has 2 rings (SSSR count). The maximum Gasteiger partial charge on any atom is 0.409 e. The molecule has 0 atom stereocenters. The van der Waals surface area contributed by atoms with E-state index in [9.17, 15) is 9.59 Å². The van der Waals surface area contributed by atoms with Crippen LogP contribution >= 0.6 is 0 Å². The third-order valence-electron chi connectivity index (χ3n) is 4.30. The predicted molar refractivity (Wildman–Crippen MR) is 91.2 cm³/mol. The van der Waals surface area contributed by atoms with E-state index < -0.39 is 0 Å². The van der Waals surface area contributed by atoms with E-state index in [-0.39, 0.29) is 24.6 Å². The van der Waals surface area contributed by atoms with Gasteiger partial charge in [0.1, 0.15) is 5.75 Å². The fraction of sp³-hybridized carbons (Fsp3) is 0.556. The number of hydrogen-bond acceptors (Lipinski definition) is 4. The summed E-state index contributed by atoms with van der Waals surface area (Å²) in [5.74, 6) is 0.604. The van der Waals surface area contributed by atoms with Gasteiger partial charge in [0.15, 0.2) is 6.61 Å². The van der Waals surface area contributed by atoms with Crippen molar-refractivity contribution in [3.05, 3.63) is 29.3 Å². The molecule has 6 heteroatoms. The van der Waals surface area contributed by atoms with Crippen molar-refractivity contribution in [2.75, 3.05) is 26.3 Å². The molecule has 1 N–H and O–H groups in total. The zero-order valence-corrected chi connectivity index (χ0v) is 14.6. The Balaban J connectivity index is 1.74. The number of hydrogen-bond donors (Lipinski definition) is 1. The van der Waals surface area contributed by atoms with E-state index in [0.717, 1.165) is 29.7 Å². The van der Waals surface area contributed by atoms with Gasteiger partial charge in [-0.1, -0.05) is 12.1 Å². The number of piperidine rings is 1. The zero-order valence-electron chi connectivity index (χ0n) is 14.6. The first-order valence-electron chi connectivity index (χ1n) is 8.41. The van der Waals surface area contributed by atoms with Gasteiger partial charge in [-0.3, -0.25) is 4.79 Å². The van der Waals surface area contributed by atoms with Crippen molar-refractivity contribution in [1.82, 2.24) is 10.2 Å². The molecule has 1 aromatic rings. The lowest BCUT2D eigenvalue weighted by Crippen LogP contribution is -2.47. The number of amides is 2. The van der Waals surface area contributed by atoms with Gasteiger partial charge in [0.05, 0.1) is 6.61 Å². The molecule has 1 heterocycles. The van der Waals surface area contributed by atoms with Gasteiger partial charge in [-0.25, -0.2) is 4.79 Å². The van der Waals surface area contributed by atoms with Gasteiger partial charge >= 0.3 is 6.09 Å². The van der Waals surface area contributed by atoms with E-state index in [1.807, 2.05) is 32.0 Å². The van der Waals surface area contributed by atoms with Crippen LogP contribution in [0.25, 0.3) is 0 Å². The normalized spacial score (nSPS) is 15.0. The van der Waals surface area contributed by atoms with Gasteiger partial charge in [-0.05, 0) is 50.8 Å². The fourth-order valence-electron chi connectivity index (χ4n) is 2.71. The highest BCUT2D eigenvalue weighted by molar-refractivity contribution is 5.78. The number of likely N-dealkylation sites (tertiary alicyclic amines) is 1. The summed E-state index contributed by atoms with van der Waals surface area (Å²) in [6.07, 6.45) is 1.18. The van der Waals surface area contributed by atoms with Crippen LogP contribution in [0.5, 0.6) is 5.75 Å². The largest absolute Gasteiger partial charge is 0.483 e. The van der Waals surface area contributed by atoms with Gasteiger partial charge in [-0.2, -0.15) is 0 Å². The van der Waals surface area contributed by atoms with Gasteiger partial charge in [0, 0.05) is 19.1 Å². The second-order valence-corrected chi connectivity index (χ2v) is 6.01. The Labute approximate surface area is 143 Å². The highest BCUT2D eigenvalue weighted by atomic mass is 16.6. The Bertz CT molecular complexity index is 580. The second kappa shape index (κ2) is 8.57. The van der Waals surface area contributed by atoms with Crippen LogP contribution in [0.1, 0.15) is 30.9 Å². The molecule has 0 unspecified atom stereocenters. The number of carbonyl (C=O) groups is 2. The minimum atomic E-state index is -0.277. The van der Waals surface area contributed by atoms with Crippen molar-refractivity contribution in [2.24, 2.45) is 0 Å². The topological polar surface area (TPSA) is 67.9 Å². The van der Waals surface area contributed by atoms with E-state index in [4.69, 9.17) is 9.47 Å². The molecule has 1 aliphatic rings. The summed E-state index contributed by atoms with van der Waals surface area (Å²) in [5.41, 5.74) is 2.19. The molecular weight excluding hydrogens is 308 g/mol. The number of rotatable bonds is 5. The molecule has 1 aliphatic heterocycles. The van der Waals surface area contributed by atoms with Crippen molar-refractivity contribution < 1.29 is 19.1 Å². The third kappa shape index (κ3) is 4.88. The summed E-state index contributed by atoms with van der Waals surface area (Å²) in [5, 5.41) is 2.97. The molecule has 1 saturated heterocycles. The Morgan fingerprint density at radius 1 is 1.25 bits per heavy atom. The number of carbonyl (C=O) groups excluding carboxylic acids is 2. The molecule has 0 bridgehead atoms. The lowest BCUT2D eigenvalue weighted by Gasteiger charge is -2.31. The van der Waals surface area contributed by atoms with Crippen LogP contribution < -0.4 is 10.1 Å². The number of nitrogens with one attached hydrogen (secondary N) is 1. The molecule has 132 valence electrons. The van der Waals surface area contributed by atoms with Crippen molar-refractivity contribution >= 4 is 12.0 Å². The first kappa shape index (κ1) is 18.1. The van der Waals surface area contributed by atoms with Crippen molar-refractivity contribution in [3.8, 4) is 5.75 Å². The second-order valence-electron chi connectivity index (χ2n) is 6.01. The number of nitrogens with zero attached hydrogens (tertiary/aromatic N) is 1. The molecule has 1 aromatic carbocycles. The van der Waals surface area contributed by atoms with E-state index in [2.05, 4.69) is 5.32 Å². The van der Waals surface area contributed by atoms with Gasteiger partial charge in [-0.15, -0.1) is 0 Å². The Morgan fingerprint density at radius 3 is 2.62 bits per heavy atom. The lowest BCUT2D eigenvalue weighted by atomic mass is 10.1. The standard InChI is InChI=1S/C18H26N2O4/c1-4-23-18(22)20-10-8-15(9-11-20)19-17(21)12-24-16-7-5-6-13(2)14(16)3/h5-7,15H,4,8-12H2,1-3H3,(H,19,21). The Kier molecular flexibility index (Phi) is 6.46. The first-order valence-corrected chi connectivity index (χ1v) is 8.41. The van der Waals surface area contributed by atoms with Crippen LogP contribution in [0.15, 0.2) is 18.2 Å². The summed E-state index contributed by atoms with van der Waals surface area (Å²) in [4.78, 5) is 25.4. The maximum absolute atomic E-state index is 12.1. The fourth-order valence-corrected chi connectivity index (χ4v) is 2.71. The lowest BCUT2D eigenvalue weighted by molar-refractivity contribution is -0.124. The van der Waals surface area contributed by atoms with E-state index in [0.29, 0.717) is 19.7 Å². The Morgan fingerprint density at radius 2 is 1.96 bits per heavy atom. The van der Waals surface area contributed by atoms with Crippen molar-refractivity contribution in [3.63, 3.8) is 0 Å². The van der Waals surface area contributed by atoms with Gasteiger partial charge in [0.25, 0.3) is 5.91 Å². The molecule has 0 saturated carbocycles. The van der Waals surface area contributed by atoms with Gasteiger partial charge in [0.2, 0.25) is 0 Å². The van der Waals surface area contributed by atoms with E-state index in [1.54, 1.807) is 11.8 Å². The zero-order chi connectivity index (χ0) is 17.5. The SMILES string of the molecule is CCOC(=O)N1CCC(NC(=O)COc2cccc(C)c2C)CC1. The van der Waals surface area contributed by atoms with Crippen molar-refractivity contribution in [1.29, 1.82) is 0 Å². The monoisotopic (exact) mass is 334 g/mol. The van der Waals surface area contributed by atoms with Crippen LogP contribution in [0.4, 0.5) is 4.79 Å². The van der Waals surface area contributed by atoms with Crippen molar-refractivity contribution in [2.45, 2.75) is 39.7 Å². The summed E-state index contributed by atoms with van der Waals surface area (Å²) in [7, 11) is 0. The smallest absolute Gasteiger partial charge is 0.409 e. The Hall–Kier alpha value is -2.24. The summed E-state index contributed by atoms with van der Waals surface area (Å²) >= 11 is 0. The quantitative estimate of drug-likeness (QED) is 0.898. The molecule has 1 fully saturated rings. The third-order valence-corrected chi connectivity index (χ3v) is 4.30. The molecule has 0 aromatic heterocycles. The number of ether oxygens (including phenoxy) is 2. The average Bonchev–Trinajstić information content (AvgIpc) is 2.57. The van der Waals surface area contributed by atoms with Crippen LogP contribution in [0.2, 0.25) is 0 Å². The molecule has 2 amide bonds. The molecule has 6 nitrogen and oxygen atoms in total. The molecule has 24 heavy (non-hydrogen) atoms. The first-order chi connectivity index (χ1) is 11.5. The minimum absolute atomic E-state index is 0.00237. The van der Waals surface area contributed by atoms with Crippen LogP contribution in [-0.4, -0.2) is 49.2 Å². The van der Waals surface area contributed by atoms with E-state index in [1.165, 1.54) is 0 Å². The van der Waals surface area contributed by atoms with Crippen LogP contribution in [0, 0.1) is 13.8 Å². The molecule has 0 radical (unpaired) electrons. The van der Waals surface area contributed by atoms with Crippen LogP contribution in [0.3, 0.4) is 0 Å². The van der Waals surface area contributed by atoms with E-state index >= 15 is 0 Å². The molecule has 0 spiro atoms. The average molecular weight is 334 g/mol. The minimum Gasteiger partial charge on any atom is -0.483 e. The summed E-state index contributed by atoms with van der Waals surface area (Å²) < 4.78 is 10.6. The summed E-state index contributed by atoms with van der Waals surface area (Å²) in [6.45, 7) is 7.37. The maximum atomic E-state index is 12.1. The number of aryl methyl sites for hydroxylation is 1. The predicted octanol–water partition coefficient (Wildman–Crippen LogP) is 2.42. The number of benzene rings is 1. The molecular formula is C18H26N2O4.